The van der Waals surface area contributed by atoms with Gasteiger partial charge in [0, 0.05) is 5.38 Å². The van der Waals surface area contributed by atoms with E-state index in [9.17, 15) is 4.79 Å². The number of nitrogens with one attached hydrogen (secondary N) is 1. The van der Waals surface area contributed by atoms with E-state index in [-0.39, 0.29) is 12.3 Å². The van der Waals surface area contributed by atoms with Gasteiger partial charge in [-0.15, -0.1) is 11.3 Å². The highest BCUT2D eigenvalue weighted by atomic mass is 35.5. The van der Waals surface area contributed by atoms with Gasteiger partial charge in [0.15, 0.2) is 0 Å². The van der Waals surface area contributed by atoms with Crippen molar-refractivity contribution in [1.29, 1.82) is 0 Å². The summed E-state index contributed by atoms with van der Waals surface area (Å²) in [6.45, 7) is 0. The topological polar surface area (TPSA) is 42.0 Å². The van der Waals surface area contributed by atoms with Crippen LogP contribution in [0.3, 0.4) is 0 Å². The summed E-state index contributed by atoms with van der Waals surface area (Å²) in [6, 6.07) is 5.10. The van der Waals surface area contributed by atoms with Crippen LogP contribution in [0.2, 0.25) is 10.0 Å². The van der Waals surface area contributed by atoms with Gasteiger partial charge in [0.2, 0.25) is 5.91 Å². The minimum absolute atomic E-state index is 0.167. The molecule has 3 nitrogen and oxygen atoms in total. The van der Waals surface area contributed by atoms with Gasteiger partial charge in [-0.3, -0.25) is 4.79 Å². The van der Waals surface area contributed by atoms with E-state index in [2.05, 4.69) is 10.3 Å². The molecule has 1 aromatic carbocycles. The zero-order valence-electron chi connectivity index (χ0n) is 8.61. The summed E-state index contributed by atoms with van der Waals surface area (Å²) < 4.78 is 0. The third-order valence-corrected chi connectivity index (χ3v) is 3.51. The van der Waals surface area contributed by atoms with Crippen LogP contribution in [0.1, 0.15) is 5.69 Å². The summed E-state index contributed by atoms with van der Waals surface area (Å²) in [5, 5.41) is 5.29. The molecule has 0 fully saturated rings. The Bertz CT molecular complexity index is 528. The van der Waals surface area contributed by atoms with Crippen molar-refractivity contribution in [3.05, 3.63) is 44.8 Å². The molecule has 0 aliphatic heterocycles. The van der Waals surface area contributed by atoms with Gasteiger partial charge in [-0.25, -0.2) is 4.98 Å². The molecule has 0 aliphatic rings. The smallest absolute Gasteiger partial charge is 0.230 e. The highest BCUT2D eigenvalue weighted by molar-refractivity contribution is 7.07. The number of amides is 1. The predicted octanol–water partition coefficient (Wildman–Crippen LogP) is 3.63. The van der Waals surface area contributed by atoms with Crippen LogP contribution in [-0.2, 0) is 11.2 Å². The number of carbonyl (C=O) groups excluding carboxylic acids is 1. The summed E-state index contributed by atoms with van der Waals surface area (Å²) in [5.41, 5.74) is 2.94. The minimum atomic E-state index is -0.167. The molecule has 0 atom stereocenters. The third kappa shape index (κ3) is 3.19. The molecule has 0 saturated carbocycles. The molecule has 0 saturated heterocycles. The molecule has 6 heteroatoms. The van der Waals surface area contributed by atoms with Crippen molar-refractivity contribution in [2.24, 2.45) is 0 Å². The first-order valence-electron chi connectivity index (χ1n) is 4.78. The van der Waals surface area contributed by atoms with Crippen molar-refractivity contribution in [2.45, 2.75) is 6.42 Å². The van der Waals surface area contributed by atoms with E-state index >= 15 is 0 Å². The van der Waals surface area contributed by atoms with Crippen molar-refractivity contribution < 1.29 is 4.79 Å². The largest absolute Gasteiger partial charge is 0.324 e. The maximum atomic E-state index is 11.7. The Morgan fingerprint density at radius 1 is 1.41 bits per heavy atom. The van der Waals surface area contributed by atoms with Gasteiger partial charge in [0.25, 0.3) is 0 Å². The average molecular weight is 287 g/mol. The average Bonchev–Trinajstić information content (AvgIpc) is 2.77. The fourth-order valence-corrected chi connectivity index (χ4v) is 2.19. The number of halogens is 2. The monoisotopic (exact) mass is 286 g/mol. The van der Waals surface area contributed by atoms with Gasteiger partial charge in [0.05, 0.1) is 33.4 Å². The number of hydrogen-bond acceptors (Lipinski definition) is 3. The van der Waals surface area contributed by atoms with Crippen molar-refractivity contribution in [3.8, 4) is 0 Å². The lowest BCUT2D eigenvalue weighted by Crippen LogP contribution is -2.14. The van der Waals surface area contributed by atoms with Gasteiger partial charge in [-0.2, -0.15) is 0 Å². The van der Waals surface area contributed by atoms with Crippen molar-refractivity contribution in [1.82, 2.24) is 4.98 Å². The quantitative estimate of drug-likeness (QED) is 0.936. The van der Waals surface area contributed by atoms with Gasteiger partial charge in [-0.1, -0.05) is 29.3 Å². The van der Waals surface area contributed by atoms with E-state index < -0.39 is 0 Å². The summed E-state index contributed by atoms with van der Waals surface area (Å²) in [7, 11) is 0. The molecule has 88 valence electrons. The van der Waals surface area contributed by atoms with Gasteiger partial charge < -0.3 is 5.32 Å². The molecule has 1 N–H and O–H groups in total. The molecule has 1 aromatic heterocycles. The molecule has 0 bridgehead atoms. The number of rotatable bonds is 3. The summed E-state index contributed by atoms with van der Waals surface area (Å²) >= 11 is 13.3. The second-order valence-electron chi connectivity index (χ2n) is 3.31. The first-order valence-corrected chi connectivity index (χ1v) is 6.47. The lowest BCUT2D eigenvalue weighted by molar-refractivity contribution is -0.115. The molecule has 1 amide bonds. The van der Waals surface area contributed by atoms with Crippen LogP contribution in [0.4, 0.5) is 5.69 Å². The number of benzene rings is 1. The van der Waals surface area contributed by atoms with Crippen molar-refractivity contribution >= 4 is 46.1 Å². The number of anilines is 1. The Kier molecular flexibility index (Phi) is 3.99. The standard InChI is InChI=1S/C11H8Cl2N2OS/c12-8-2-1-3-9(11(8)13)15-10(16)4-7-5-17-6-14-7/h1-3,5-6H,4H2,(H,15,16). The normalized spacial score (nSPS) is 10.2. The number of nitrogens with zero attached hydrogens (tertiary/aromatic N) is 1. The van der Waals surface area contributed by atoms with E-state index in [1.807, 2.05) is 5.38 Å². The van der Waals surface area contributed by atoms with E-state index in [0.717, 1.165) is 5.69 Å². The molecule has 2 rings (SSSR count). The fourth-order valence-electron chi connectivity index (χ4n) is 1.28. The molecule has 1 heterocycles. The van der Waals surface area contributed by atoms with Crippen LogP contribution in [-0.4, -0.2) is 10.9 Å². The van der Waals surface area contributed by atoms with Gasteiger partial charge in [0.1, 0.15) is 0 Å². The summed E-state index contributed by atoms with van der Waals surface area (Å²) in [6.07, 6.45) is 0.229. The molecule has 0 unspecified atom stereocenters. The predicted molar refractivity (Wildman–Crippen MR) is 70.9 cm³/mol. The Morgan fingerprint density at radius 2 is 2.24 bits per heavy atom. The number of thiazole rings is 1. The molecule has 17 heavy (non-hydrogen) atoms. The van der Waals surface area contributed by atoms with Crippen LogP contribution >= 0.6 is 34.5 Å². The minimum Gasteiger partial charge on any atom is -0.324 e. The molecular weight excluding hydrogens is 279 g/mol. The zero-order valence-corrected chi connectivity index (χ0v) is 10.9. The Labute approximate surface area is 112 Å². The first-order chi connectivity index (χ1) is 8.16. The van der Waals surface area contributed by atoms with Crippen LogP contribution in [0.25, 0.3) is 0 Å². The van der Waals surface area contributed by atoms with E-state index in [4.69, 9.17) is 23.2 Å². The Balaban J connectivity index is 2.06. The fraction of sp³-hybridized carbons (Fsp3) is 0.0909. The molecule has 2 aromatic rings. The summed E-state index contributed by atoms with van der Waals surface area (Å²) in [5.74, 6) is -0.167. The molecule has 0 aliphatic carbocycles. The maximum Gasteiger partial charge on any atom is 0.230 e. The highest BCUT2D eigenvalue weighted by Crippen LogP contribution is 2.29. The number of hydrogen-bond donors (Lipinski definition) is 1. The molecule has 0 spiro atoms. The van der Waals surface area contributed by atoms with Crippen molar-refractivity contribution in [2.75, 3.05) is 5.32 Å². The number of aromatic nitrogens is 1. The number of carbonyl (C=O) groups is 1. The van der Waals surface area contributed by atoms with Crippen LogP contribution < -0.4 is 5.32 Å². The zero-order chi connectivity index (χ0) is 12.3. The third-order valence-electron chi connectivity index (χ3n) is 2.05. The van der Waals surface area contributed by atoms with Crippen LogP contribution in [0.5, 0.6) is 0 Å². The van der Waals surface area contributed by atoms with E-state index in [1.54, 1.807) is 23.7 Å². The Morgan fingerprint density at radius 3 is 2.94 bits per heavy atom. The van der Waals surface area contributed by atoms with Crippen LogP contribution in [0, 0.1) is 0 Å². The lowest BCUT2D eigenvalue weighted by Gasteiger charge is -2.07. The summed E-state index contributed by atoms with van der Waals surface area (Å²) in [4.78, 5) is 15.7. The van der Waals surface area contributed by atoms with E-state index in [0.29, 0.717) is 15.7 Å². The highest BCUT2D eigenvalue weighted by Gasteiger charge is 2.09. The van der Waals surface area contributed by atoms with E-state index in [1.165, 1.54) is 11.3 Å². The lowest BCUT2D eigenvalue weighted by atomic mass is 10.3. The second kappa shape index (κ2) is 5.49. The molecular formula is C11H8Cl2N2OS. The van der Waals surface area contributed by atoms with Crippen LogP contribution in [0.15, 0.2) is 29.1 Å². The SMILES string of the molecule is O=C(Cc1cscn1)Nc1cccc(Cl)c1Cl. The maximum absolute atomic E-state index is 11.7. The van der Waals surface area contributed by atoms with Crippen molar-refractivity contribution in [3.63, 3.8) is 0 Å². The Hall–Kier alpha value is -1.10. The molecule has 0 radical (unpaired) electrons. The first kappa shape index (κ1) is 12.4. The van der Waals surface area contributed by atoms with Gasteiger partial charge in [-0.05, 0) is 12.1 Å². The van der Waals surface area contributed by atoms with Gasteiger partial charge >= 0.3 is 0 Å². The second-order valence-corrected chi connectivity index (χ2v) is 4.81.